The van der Waals surface area contributed by atoms with Crippen LogP contribution in [-0.4, -0.2) is 23.2 Å². The number of aromatic nitrogens is 1. The summed E-state index contributed by atoms with van der Waals surface area (Å²) in [5.41, 5.74) is 2.90. The van der Waals surface area contributed by atoms with Crippen LogP contribution in [0.3, 0.4) is 0 Å². The number of benzene rings is 2. The second-order valence-corrected chi connectivity index (χ2v) is 5.06. The van der Waals surface area contributed by atoms with Gasteiger partial charge in [0, 0.05) is 5.39 Å². The number of nitrogens with zero attached hydrogens (tertiary/aromatic N) is 1. The third-order valence-corrected chi connectivity index (χ3v) is 3.52. The van der Waals surface area contributed by atoms with Crippen LogP contribution in [0.2, 0.25) is 0 Å². The zero-order valence-corrected chi connectivity index (χ0v) is 12.6. The van der Waals surface area contributed by atoms with Crippen molar-refractivity contribution < 1.29 is 14.6 Å². The van der Waals surface area contributed by atoms with Gasteiger partial charge < -0.3 is 9.84 Å². The maximum atomic E-state index is 11.0. The summed E-state index contributed by atoms with van der Waals surface area (Å²) in [7, 11) is 1.64. The average molecular weight is 305 g/mol. The highest BCUT2D eigenvalue weighted by Gasteiger charge is 2.04. The molecule has 23 heavy (non-hydrogen) atoms. The molecule has 0 aliphatic rings. The summed E-state index contributed by atoms with van der Waals surface area (Å²) in [6.07, 6.45) is 3.89. The Hall–Kier alpha value is -3.14. The van der Waals surface area contributed by atoms with Gasteiger partial charge in [-0.1, -0.05) is 24.3 Å². The van der Waals surface area contributed by atoms with E-state index in [1.165, 1.54) is 0 Å². The molecular weight excluding hydrogens is 290 g/mol. The molecule has 0 spiro atoms. The van der Waals surface area contributed by atoms with Crippen molar-refractivity contribution in [1.29, 1.82) is 0 Å². The summed E-state index contributed by atoms with van der Waals surface area (Å²) in [5, 5.41) is 9.82. The van der Waals surface area contributed by atoms with Gasteiger partial charge in [0.2, 0.25) is 0 Å². The maximum absolute atomic E-state index is 11.0. The van der Waals surface area contributed by atoms with Crippen LogP contribution in [0.25, 0.3) is 23.1 Å². The van der Waals surface area contributed by atoms with Gasteiger partial charge in [0.1, 0.15) is 5.75 Å². The first-order valence-electron chi connectivity index (χ1n) is 7.12. The summed E-state index contributed by atoms with van der Waals surface area (Å²) >= 11 is 0. The van der Waals surface area contributed by atoms with Gasteiger partial charge in [-0.25, -0.2) is 9.78 Å². The molecule has 0 saturated heterocycles. The van der Waals surface area contributed by atoms with Gasteiger partial charge in [-0.05, 0) is 48.0 Å². The number of carboxylic acids is 1. The quantitative estimate of drug-likeness (QED) is 0.788. The van der Waals surface area contributed by atoms with Crippen molar-refractivity contribution in [2.45, 2.75) is 0 Å². The van der Waals surface area contributed by atoms with Crippen LogP contribution in [0, 0.1) is 0 Å². The Bertz CT molecular complexity index is 883. The van der Waals surface area contributed by atoms with Crippen molar-refractivity contribution in [1.82, 2.24) is 4.98 Å². The van der Waals surface area contributed by atoms with Gasteiger partial charge in [-0.15, -0.1) is 0 Å². The van der Waals surface area contributed by atoms with Gasteiger partial charge in [0.15, 0.2) is 0 Å². The summed E-state index contributed by atoms with van der Waals surface area (Å²) in [5.74, 6) is -0.115. The Morgan fingerprint density at radius 3 is 2.52 bits per heavy atom. The van der Waals surface area contributed by atoms with E-state index in [0.29, 0.717) is 0 Å². The van der Waals surface area contributed by atoms with Crippen molar-refractivity contribution in [3.63, 3.8) is 0 Å². The van der Waals surface area contributed by atoms with E-state index in [1.54, 1.807) is 25.3 Å². The number of carboxylic acid groups (broad SMARTS) is 1. The van der Waals surface area contributed by atoms with Crippen molar-refractivity contribution in [3.05, 3.63) is 71.4 Å². The third kappa shape index (κ3) is 3.37. The second kappa shape index (κ2) is 6.32. The fourth-order valence-electron chi connectivity index (χ4n) is 2.26. The van der Waals surface area contributed by atoms with E-state index in [-0.39, 0.29) is 5.56 Å². The lowest BCUT2D eigenvalue weighted by Crippen LogP contribution is -1.95. The van der Waals surface area contributed by atoms with E-state index in [9.17, 15) is 4.79 Å². The fraction of sp³-hybridized carbons (Fsp3) is 0.0526. The highest BCUT2D eigenvalue weighted by atomic mass is 16.5. The molecule has 0 amide bonds. The molecular formula is C19H15NO3. The Balaban J connectivity index is 1.86. The molecule has 0 saturated carbocycles. The van der Waals surface area contributed by atoms with Crippen molar-refractivity contribution in [2.75, 3.05) is 7.11 Å². The van der Waals surface area contributed by atoms with E-state index in [0.717, 1.165) is 27.9 Å². The minimum absolute atomic E-state index is 0.265. The summed E-state index contributed by atoms with van der Waals surface area (Å²) in [4.78, 5) is 15.5. The Morgan fingerprint density at radius 1 is 1.04 bits per heavy atom. The van der Waals surface area contributed by atoms with Gasteiger partial charge in [0.05, 0.1) is 23.9 Å². The lowest BCUT2D eigenvalue weighted by Gasteiger charge is -2.01. The minimum atomic E-state index is -0.935. The lowest BCUT2D eigenvalue weighted by molar-refractivity contribution is 0.0697. The first-order valence-corrected chi connectivity index (χ1v) is 7.12. The Morgan fingerprint density at radius 2 is 1.83 bits per heavy atom. The number of hydrogen-bond donors (Lipinski definition) is 1. The number of methoxy groups -OCH3 is 1. The number of ether oxygens (including phenoxy) is 1. The van der Waals surface area contributed by atoms with E-state index >= 15 is 0 Å². The highest BCUT2D eigenvalue weighted by Crippen LogP contribution is 2.17. The van der Waals surface area contributed by atoms with Gasteiger partial charge in [0.25, 0.3) is 0 Å². The lowest BCUT2D eigenvalue weighted by atomic mass is 10.1. The van der Waals surface area contributed by atoms with Crippen LogP contribution in [0.15, 0.2) is 54.6 Å². The maximum Gasteiger partial charge on any atom is 0.335 e. The Labute approximate surface area is 133 Å². The third-order valence-electron chi connectivity index (χ3n) is 3.52. The summed E-state index contributed by atoms with van der Waals surface area (Å²) < 4.78 is 5.13. The summed E-state index contributed by atoms with van der Waals surface area (Å²) in [6.45, 7) is 0. The Kier molecular flexibility index (Phi) is 4.06. The molecule has 0 bridgehead atoms. The molecule has 1 aromatic heterocycles. The monoisotopic (exact) mass is 305 g/mol. The molecule has 114 valence electrons. The van der Waals surface area contributed by atoms with Crippen molar-refractivity contribution >= 4 is 29.0 Å². The van der Waals surface area contributed by atoms with Crippen LogP contribution in [0.4, 0.5) is 0 Å². The number of fused-ring (bicyclic) bond motifs is 1. The minimum Gasteiger partial charge on any atom is -0.497 e. The smallest absolute Gasteiger partial charge is 0.335 e. The summed E-state index contributed by atoms with van der Waals surface area (Å²) in [6, 6.07) is 16.4. The SMILES string of the molecule is COc1ccc(C=Cc2ccc3cc(C(=O)O)ccc3n2)cc1. The van der Waals surface area contributed by atoms with Crippen molar-refractivity contribution in [2.24, 2.45) is 0 Å². The normalized spacial score (nSPS) is 11.0. The van der Waals surface area contributed by atoms with Gasteiger partial charge in [-0.2, -0.15) is 0 Å². The largest absolute Gasteiger partial charge is 0.497 e. The van der Waals surface area contributed by atoms with E-state index in [4.69, 9.17) is 9.84 Å². The molecule has 0 atom stereocenters. The predicted molar refractivity (Wildman–Crippen MR) is 90.6 cm³/mol. The molecule has 0 unspecified atom stereocenters. The number of carbonyl (C=O) groups is 1. The van der Waals surface area contributed by atoms with E-state index < -0.39 is 5.97 Å². The number of rotatable bonds is 4. The number of hydrogen-bond acceptors (Lipinski definition) is 3. The van der Waals surface area contributed by atoms with Crippen LogP contribution in [0.5, 0.6) is 5.75 Å². The van der Waals surface area contributed by atoms with Crippen molar-refractivity contribution in [3.8, 4) is 5.75 Å². The molecule has 0 fully saturated rings. The second-order valence-electron chi connectivity index (χ2n) is 5.06. The standard InChI is InChI=1S/C19H15NO3/c1-23-17-9-3-13(4-10-17)2-7-16-8-5-14-12-15(19(21)22)6-11-18(14)20-16/h2-12H,1H3,(H,21,22). The molecule has 1 N–H and O–H groups in total. The molecule has 2 aromatic carbocycles. The topological polar surface area (TPSA) is 59.4 Å². The van der Waals surface area contributed by atoms with Gasteiger partial charge in [-0.3, -0.25) is 0 Å². The molecule has 0 aliphatic heterocycles. The van der Waals surface area contributed by atoms with Crippen LogP contribution in [-0.2, 0) is 0 Å². The molecule has 0 aliphatic carbocycles. The van der Waals surface area contributed by atoms with Gasteiger partial charge >= 0.3 is 5.97 Å². The zero-order chi connectivity index (χ0) is 16.2. The van der Waals surface area contributed by atoms with Crippen LogP contribution >= 0.6 is 0 Å². The van der Waals surface area contributed by atoms with E-state index in [2.05, 4.69) is 4.98 Å². The average Bonchev–Trinajstić information content (AvgIpc) is 2.59. The zero-order valence-electron chi connectivity index (χ0n) is 12.6. The molecule has 3 rings (SSSR count). The van der Waals surface area contributed by atoms with Crippen LogP contribution in [0.1, 0.15) is 21.6 Å². The number of aromatic carboxylic acids is 1. The fourth-order valence-corrected chi connectivity index (χ4v) is 2.26. The number of pyridine rings is 1. The molecule has 3 aromatic rings. The molecule has 1 heterocycles. The van der Waals surface area contributed by atoms with E-state index in [1.807, 2.05) is 48.6 Å². The molecule has 4 nitrogen and oxygen atoms in total. The molecule has 0 radical (unpaired) electrons. The predicted octanol–water partition coefficient (Wildman–Crippen LogP) is 4.11. The van der Waals surface area contributed by atoms with Crippen LogP contribution < -0.4 is 4.74 Å². The first kappa shape index (κ1) is 14.8. The first-order chi connectivity index (χ1) is 11.2. The highest BCUT2D eigenvalue weighted by molar-refractivity contribution is 5.93. The molecule has 4 heteroatoms.